The summed E-state index contributed by atoms with van der Waals surface area (Å²) >= 11 is 0. The first-order chi connectivity index (χ1) is 11.9. The van der Waals surface area contributed by atoms with Gasteiger partial charge < -0.3 is 4.74 Å². The van der Waals surface area contributed by atoms with Crippen molar-refractivity contribution in [2.24, 2.45) is 0 Å². The molecule has 1 aliphatic heterocycles. The number of aromatic amines is 1. The van der Waals surface area contributed by atoms with Gasteiger partial charge in [0, 0.05) is 11.1 Å². The molecule has 0 aliphatic carbocycles. The summed E-state index contributed by atoms with van der Waals surface area (Å²) in [6, 6.07) is 9.14. The van der Waals surface area contributed by atoms with Crippen molar-refractivity contribution >= 4 is 17.7 Å². The van der Waals surface area contributed by atoms with E-state index in [1.54, 1.807) is 13.0 Å². The van der Waals surface area contributed by atoms with Crippen LogP contribution in [-0.2, 0) is 17.5 Å². The average molecular weight is 351 g/mol. The van der Waals surface area contributed by atoms with Crippen molar-refractivity contribution in [2.45, 2.75) is 19.6 Å². The van der Waals surface area contributed by atoms with Crippen LogP contribution in [0.3, 0.4) is 0 Å². The van der Waals surface area contributed by atoms with Crippen LogP contribution >= 0.6 is 0 Å². The van der Waals surface area contributed by atoms with E-state index in [1.807, 2.05) is 30.3 Å². The maximum atomic E-state index is 13.2. The second kappa shape index (κ2) is 6.62. The molecule has 2 aromatic rings. The zero-order valence-corrected chi connectivity index (χ0v) is 13.4. The van der Waals surface area contributed by atoms with Crippen LogP contribution in [0.25, 0.3) is 11.6 Å². The number of nitrogens with zero attached hydrogens (tertiary/aromatic N) is 2. The number of alkyl halides is 3. The summed E-state index contributed by atoms with van der Waals surface area (Å²) < 4.78 is 44.6. The van der Waals surface area contributed by atoms with E-state index in [-0.39, 0.29) is 31.0 Å². The smallest absolute Gasteiger partial charge is 0.433 e. The molecular formula is C17H16F3N3O2. The number of aromatic nitrogens is 2. The van der Waals surface area contributed by atoms with Crippen LogP contribution in [0, 0.1) is 0 Å². The number of hydrogen-bond donors (Lipinski definition) is 1. The lowest BCUT2D eigenvalue weighted by molar-refractivity contribution is -0.142. The van der Waals surface area contributed by atoms with E-state index in [0.29, 0.717) is 5.57 Å². The Morgan fingerprint density at radius 1 is 1.32 bits per heavy atom. The quantitative estimate of drug-likeness (QED) is 0.892. The number of ether oxygens (including phenoxy) is 1. The molecule has 1 aromatic carbocycles. The van der Waals surface area contributed by atoms with Crippen LogP contribution in [0.5, 0.6) is 0 Å². The van der Waals surface area contributed by atoms with Crippen LogP contribution in [0.4, 0.5) is 18.0 Å². The molecule has 0 saturated heterocycles. The monoisotopic (exact) mass is 351 g/mol. The molecule has 2 heterocycles. The van der Waals surface area contributed by atoms with Gasteiger partial charge in [-0.15, -0.1) is 0 Å². The van der Waals surface area contributed by atoms with Gasteiger partial charge in [0.05, 0.1) is 25.4 Å². The molecule has 0 bridgehead atoms. The summed E-state index contributed by atoms with van der Waals surface area (Å²) in [7, 11) is 0. The van der Waals surface area contributed by atoms with Crippen molar-refractivity contribution in [3.63, 3.8) is 0 Å². The van der Waals surface area contributed by atoms with Crippen LogP contribution in [0.2, 0.25) is 0 Å². The highest BCUT2D eigenvalue weighted by molar-refractivity contribution is 5.86. The fourth-order valence-corrected chi connectivity index (χ4v) is 2.75. The normalized spacial score (nSPS) is 16.0. The number of carbonyl (C=O) groups excluding carboxylic acids is 1. The van der Waals surface area contributed by atoms with E-state index >= 15 is 0 Å². The molecule has 0 saturated carbocycles. The average Bonchev–Trinajstić information content (AvgIpc) is 3.00. The largest absolute Gasteiger partial charge is 0.450 e. The Labute approximate surface area is 142 Å². The van der Waals surface area contributed by atoms with Crippen LogP contribution in [-0.4, -0.2) is 34.3 Å². The summed E-state index contributed by atoms with van der Waals surface area (Å²) in [4.78, 5) is 13.3. The lowest BCUT2D eigenvalue weighted by Gasteiger charge is -2.28. The van der Waals surface area contributed by atoms with Gasteiger partial charge in [0.1, 0.15) is 5.69 Å². The molecule has 1 aliphatic rings. The molecule has 3 rings (SSSR count). The van der Waals surface area contributed by atoms with Gasteiger partial charge in [-0.05, 0) is 18.6 Å². The van der Waals surface area contributed by atoms with Crippen molar-refractivity contribution in [2.75, 3.05) is 13.2 Å². The van der Waals surface area contributed by atoms with Gasteiger partial charge in [-0.3, -0.25) is 10.00 Å². The van der Waals surface area contributed by atoms with E-state index in [0.717, 1.165) is 5.56 Å². The van der Waals surface area contributed by atoms with Gasteiger partial charge in [0.2, 0.25) is 0 Å². The van der Waals surface area contributed by atoms with Gasteiger partial charge >= 0.3 is 12.3 Å². The van der Waals surface area contributed by atoms with E-state index in [9.17, 15) is 18.0 Å². The third kappa shape index (κ3) is 3.52. The minimum atomic E-state index is -4.57. The number of carbonyl (C=O) groups is 1. The minimum Gasteiger partial charge on any atom is -0.450 e. The summed E-state index contributed by atoms with van der Waals surface area (Å²) in [5.74, 6) is 0. The SMILES string of the molecule is CCOC(=O)N1C/C(=C\c2ccccc2)c2n[nH]c(C(F)(F)F)c2C1. The Bertz CT molecular complexity index is 797. The van der Waals surface area contributed by atoms with Crippen LogP contribution < -0.4 is 0 Å². The lowest BCUT2D eigenvalue weighted by atomic mass is 9.98. The third-order valence-electron chi connectivity index (χ3n) is 3.83. The number of amides is 1. The molecule has 8 heteroatoms. The minimum absolute atomic E-state index is 0.0472. The highest BCUT2D eigenvalue weighted by atomic mass is 19.4. The molecule has 0 radical (unpaired) electrons. The van der Waals surface area contributed by atoms with Crippen molar-refractivity contribution in [1.82, 2.24) is 15.1 Å². The molecule has 0 unspecified atom stereocenters. The predicted molar refractivity (Wildman–Crippen MR) is 85.3 cm³/mol. The first-order valence-electron chi connectivity index (χ1n) is 7.72. The van der Waals surface area contributed by atoms with Crippen molar-refractivity contribution in [3.05, 3.63) is 52.8 Å². The number of rotatable bonds is 2. The highest BCUT2D eigenvalue weighted by Crippen LogP contribution is 2.37. The lowest BCUT2D eigenvalue weighted by Crippen LogP contribution is -2.36. The maximum Gasteiger partial charge on any atom is 0.433 e. The van der Waals surface area contributed by atoms with Gasteiger partial charge in [-0.2, -0.15) is 18.3 Å². The van der Waals surface area contributed by atoms with Gasteiger partial charge in [0.25, 0.3) is 0 Å². The third-order valence-corrected chi connectivity index (χ3v) is 3.83. The fraction of sp³-hybridized carbons (Fsp3) is 0.294. The zero-order chi connectivity index (χ0) is 18.0. The fourth-order valence-electron chi connectivity index (χ4n) is 2.75. The molecule has 0 fully saturated rings. The molecule has 1 N–H and O–H groups in total. The van der Waals surface area contributed by atoms with Gasteiger partial charge in [-0.1, -0.05) is 30.3 Å². The number of hydrogen-bond acceptors (Lipinski definition) is 3. The molecule has 25 heavy (non-hydrogen) atoms. The van der Waals surface area contributed by atoms with Crippen molar-refractivity contribution in [1.29, 1.82) is 0 Å². The summed E-state index contributed by atoms with van der Waals surface area (Å²) in [6.45, 7) is 1.72. The summed E-state index contributed by atoms with van der Waals surface area (Å²) in [5, 5.41) is 5.92. The highest BCUT2D eigenvalue weighted by Gasteiger charge is 2.40. The summed E-state index contributed by atoms with van der Waals surface area (Å²) in [6.07, 6.45) is -3.50. The standard InChI is InChI=1S/C17H16F3N3O2/c1-2-25-16(24)23-9-12(8-11-6-4-3-5-7-11)14-13(10-23)15(22-21-14)17(18,19)20/h3-8H,2,9-10H2,1H3,(H,21,22)/b12-8+. The Kier molecular flexibility index (Phi) is 4.52. The predicted octanol–water partition coefficient (Wildman–Crippen LogP) is 3.94. The first-order valence-corrected chi connectivity index (χ1v) is 7.72. The molecule has 0 atom stereocenters. The van der Waals surface area contributed by atoms with E-state index in [2.05, 4.69) is 10.2 Å². The topological polar surface area (TPSA) is 58.2 Å². The first kappa shape index (κ1) is 17.1. The molecule has 0 spiro atoms. The molecule has 5 nitrogen and oxygen atoms in total. The Morgan fingerprint density at radius 3 is 2.68 bits per heavy atom. The van der Waals surface area contributed by atoms with E-state index in [1.165, 1.54) is 4.90 Å². The molecule has 132 valence electrons. The van der Waals surface area contributed by atoms with Crippen molar-refractivity contribution < 1.29 is 22.7 Å². The second-order valence-corrected chi connectivity index (χ2v) is 5.56. The number of nitrogens with one attached hydrogen (secondary N) is 1. The molecule has 1 aromatic heterocycles. The second-order valence-electron chi connectivity index (χ2n) is 5.56. The Hall–Kier alpha value is -2.77. The Balaban J connectivity index is 2.06. The van der Waals surface area contributed by atoms with Gasteiger partial charge in [0.15, 0.2) is 0 Å². The summed E-state index contributed by atoms with van der Waals surface area (Å²) in [5.41, 5.74) is 0.583. The Morgan fingerprint density at radius 2 is 2.04 bits per heavy atom. The van der Waals surface area contributed by atoms with E-state index in [4.69, 9.17) is 4.74 Å². The number of H-pyrrole nitrogens is 1. The number of benzene rings is 1. The van der Waals surface area contributed by atoms with Crippen LogP contribution in [0.15, 0.2) is 30.3 Å². The zero-order valence-electron chi connectivity index (χ0n) is 13.4. The maximum absolute atomic E-state index is 13.2. The molecule has 1 amide bonds. The number of fused-ring (bicyclic) bond motifs is 1. The van der Waals surface area contributed by atoms with Crippen molar-refractivity contribution in [3.8, 4) is 0 Å². The number of halogens is 3. The van der Waals surface area contributed by atoms with Gasteiger partial charge in [-0.25, -0.2) is 4.79 Å². The van der Waals surface area contributed by atoms with E-state index < -0.39 is 18.0 Å². The molecular weight excluding hydrogens is 335 g/mol. The van der Waals surface area contributed by atoms with Crippen LogP contribution in [0.1, 0.15) is 29.4 Å².